The molecule has 0 saturated heterocycles. The van der Waals surface area contributed by atoms with Gasteiger partial charge in [0.05, 0.1) is 19.1 Å². The van der Waals surface area contributed by atoms with Crippen LogP contribution in [0, 0.1) is 0 Å². The van der Waals surface area contributed by atoms with E-state index in [-0.39, 0.29) is 36.2 Å². The van der Waals surface area contributed by atoms with Crippen LogP contribution >= 0.6 is 0 Å². The van der Waals surface area contributed by atoms with Crippen molar-refractivity contribution in [1.82, 2.24) is 10.0 Å². The second-order valence-electron chi connectivity index (χ2n) is 7.81. The van der Waals surface area contributed by atoms with Crippen LogP contribution in [0.3, 0.4) is 0 Å². The molecule has 3 aromatic carbocycles. The lowest BCUT2D eigenvalue weighted by atomic mass is 10.2. The van der Waals surface area contributed by atoms with Gasteiger partial charge in [0.15, 0.2) is 0 Å². The maximum absolute atomic E-state index is 12.5. The maximum Gasteiger partial charge on any atom is 0.251 e. The van der Waals surface area contributed by atoms with Crippen LogP contribution in [-0.4, -0.2) is 47.5 Å². The molecule has 0 aliphatic carbocycles. The molecule has 0 radical (unpaired) electrons. The van der Waals surface area contributed by atoms with Gasteiger partial charge in [-0.1, -0.05) is 30.3 Å². The number of anilines is 1. The highest BCUT2D eigenvalue weighted by Gasteiger charge is 2.14. The molecule has 0 spiro atoms. The van der Waals surface area contributed by atoms with Crippen LogP contribution in [-0.2, 0) is 21.2 Å². The third-order valence-electron chi connectivity index (χ3n) is 5.25. The third kappa shape index (κ3) is 7.82. The number of methoxy groups -OCH3 is 2. The highest BCUT2D eigenvalue weighted by Crippen LogP contribution is 2.22. The van der Waals surface area contributed by atoms with E-state index in [1.165, 1.54) is 38.5 Å². The number of hydrogen-bond donors (Lipinski definition) is 3. The minimum Gasteiger partial charge on any atom is -0.497 e. The van der Waals surface area contributed by atoms with Crippen LogP contribution < -0.4 is 24.8 Å². The first-order chi connectivity index (χ1) is 17.3. The lowest BCUT2D eigenvalue weighted by Crippen LogP contribution is -2.27. The van der Waals surface area contributed by atoms with E-state index in [1.807, 2.05) is 30.3 Å². The Hall–Kier alpha value is -3.89. The van der Waals surface area contributed by atoms with E-state index >= 15 is 0 Å². The zero-order valence-corrected chi connectivity index (χ0v) is 20.9. The van der Waals surface area contributed by atoms with Crippen molar-refractivity contribution in [3.8, 4) is 11.5 Å². The zero-order chi connectivity index (χ0) is 26.0. The van der Waals surface area contributed by atoms with Gasteiger partial charge in [-0.15, -0.1) is 0 Å². The molecule has 0 fully saturated rings. The van der Waals surface area contributed by atoms with Crippen LogP contribution in [0.4, 0.5) is 5.69 Å². The predicted octanol–water partition coefficient (Wildman–Crippen LogP) is 2.98. The monoisotopic (exact) mass is 511 g/mol. The van der Waals surface area contributed by atoms with Crippen molar-refractivity contribution in [2.24, 2.45) is 0 Å². The number of rotatable bonds is 12. The minimum atomic E-state index is -3.66. The first-order valence-electron chi connectivity index (χ1n) is 11.3. The van der Waals surface area contributed by atoms with Gasteiger partial charge in [-0.25, -0.2) is 13.1 Å². The Morgan fingerprint density at radius 2 is 1.47 bits per heavy atom. The van der Waals surface area contributed by atoms with Crippen LogP contribution in [0.15, 0.2) is 77.7 Å². The normalized spacial score (nSPS) is 10.9. The number of hydrogen-bond acceptors (Lipinski definition) is 6. The van der Waals surface area contributed by atoms with Gasteiger partial charge in [0.1, 0.15) is 11.5 Å². The fourth-order valence-electron chi connectivity index (χ4n) is 3.33. The molecule has 3 N–H and O–H groups in total. The summed E-state index contributed by atoms with van der Waals surface area (Å²) in [4.78, 5) is 24.8. The molecule has 3 rings (SSSR count). The third-order valence-corrected chi connectivity index (χ3v) is 6.73. The van der Waals surface area contributed by atoms with Gasteiger partial charge in [0.25, 0.3) is 5.91 Å². The van der Waals surface area contributed by atoms with Crippen LogP contribution in [0.5, 0.6) is 11.5 Å². The number of carbonyl (C=O) groups is 2. The summed E-state index contributed by atoms with van der Waals surface area (Å²) in [6.45, 7) is 0.390. The minimum absolute atomic E-state index is 0.0356. The topological polar surface area (TPSA) is 123 Å². The molecule has 190 valence electrons. The van der Waals surface area contributed by atoms with Crippen LogP contribution in [0.2, 0.25) is 0 Å². The molecule has 0 aromatic heterocycles. The molecule has 0 aliphatic rings. The summed E-state index contributed by atoms with van der Waals surface area (Å²) >= 11 is 0. The van der Waals surface area contributed by atoms with Gasteiger partial charge in [-0.05, 0) is 48.4 Å². The number of benzene rings is 3. The molecule has 0 saturated carbocycles. The Balaban J connectivity index is 1.46. The van der Waals surface area contributed by atoms with Gasteiger partial charge < -0.3 is 20.1 Å². The molecule has 10 heteroatoms. The van der Waals surface area contributed by atoms with E-state index in [0.29, 0.717) is 29.2 Å². The Morgan fingerprint density at radius 3 is 2.08 bits per heavy atom. The Kier molecular flexibility index (Phi) is 9.43. The number of nitrogens with one attached hydrogen (secondary N) is 3. The van der Waals surface area contributed by atoms with Crippen LogP contribution in [0.25, 0.3) is 0 Å². The molecular formula is C26H29N3O6S. The summed E-state index contributed by atoms with van der Waals surface area (Å²) in [6, 6.07) is 20.3. The van der Waals surface area contributed by atoms with E-state index < -0.39 is 10.0 Å². The summed E-state index contributed by atoms with van der Waals surface area (Å²) in [5.41, 5.74) is 1.84. The van der Waals surface area contributed by atoms with E-state index in [4.69, 9.17) is 9.47 Å². The lowest BCUT2D eigenvalue weighted by molar-refractivity contribution is -0.116. The SMILES string of the molecule is COc1cc(OC)cc(C(=O)NCCC(=O)Nc2ccc(S(=O)(=O)NCCc3ccccc3)cc2)c1. The second-order valence-corrected chi connectivity index (χ2v) is 9.58. The number of sulfonamides is 1. The van der Waals surface area contributed by atoms with Crippen molar-refractivity contribution in [3.05, 3.63) is 83.9 Å². The second kappa shape index (κ2) is 12.7. The Bertz CT molecular complexity index is 1260. The van der Waals surface area contributed by atoms with E-state index in [0.717, 1.165) is 5.56 Å². The first kappa shape index (κ1) is 26.7. The standard InChI is InChI=1S/C26H29N3O6S/c1-34-22-16-20(17-23(18-22)35-2)26(31)27-14-13-25(30)29-21-8-10-24(11-9-21)36(32,33)28-15-12-19-6-4-3-5-7-19/h3-11,16-18,28H,12-15H2,1-2H3,(H,27,31)(H,29,30). The van der Waals surface area contributed by atoms with Gasteiger partial charge in [0.2, 0.25) is 15.9 Å². The van der Waals surface area contributed by atoms with Crippen molar-refractivity contribution in [3.63, 3.8) is 0 Å². The van der Waals surface area contributed by atoms with Gasteiger partial charge in [-0.3, -0.25) is 9.59 Å². The average molecular weight is 512 g/mol. The van der Waals surface area contributed by atoms with Crippen molar-refractivity contribution in [2.45, 2.75) is 17.7 Å². The summed E-state index contributed by atoms with van der Waals surface area (Å²) < 4.78 is 37.9. The highest BCUT2D eigenvalue weighted by atomic mass is 32.2. The Morgan fingerprint density at radius 1 is 0.833 bits per heavy atom. The van der Waals surface area contributed by atoms with Crippen molar-refractivity contribution in [1.29, 1.82) is 0 Å². The molecule has 0 atom stereocenters. The molecule has 9 nitrogen and oxygen atoms in total. The number of amides is 2. The fraction of sp³-hybridized carbons (Fsp3) is 0.231. The van der Waals surface area contributed by atoms with Gasteiger partial charge >= 0.3 is 0 Å². The number of carbonyl (C=O) groups excluding carboxylic acids is 2. The lowest BCUT2D eigenvalue weighted by Gasteiger charge is -2.10. The Labute approximate surface area is 210 Å². The summed E-state index contributed by atoms with van der Waals surface area (Å²) in [5, 5.41) is 5.37. The van der Waals surface area contributed by atoms with E-state index in [9.17, 15) is 18.0 Å². The van der Waals surface area contributed by atoms with E-state index in [1.54, 1.807) is 18.2 Å². The molecule has 36 heavy (non-hydrogen) atoms. The van der Waals surface area contributed by atoms with Crippen LogP contribution in [0.1, 0.15) is 22.3 Å². The highest BCUT2D eigenvalue weighted by molar-refractivity contribution is 7.89. The molecule has 0 unspecified atom stereocenters. The summed E-state index contributed by atoms with van der Waals surface area (Å²) in [6.07, 6.45) is 0.615. The van der Waals surface area contributed by atoms with Gasteiger partial charge in [-0.2, -0.15) is 0 Å². The summed E-state index contributed by atoms with van der Waals surface area (Å²) in [5.74, 6) is 0.271. The average Bonchev–Trinajstić information content (AvgIpc) is 2.89. The molecule has 2 amide bonds. The van der Waals surface area contributed by atoms with E-state index in [2.05, 4.69) is 15.4 Å². The molecule has 0 aliphatic heterocycles. The largest absolute Gasteiger partial charge is 0.497 e. The molecular weight excluding hydrogens is 482 g/mol. The molecule has 0 bridgehead atoms. The predicted molar refractivity (Wildman–Crippen MR) is 137 cm³/mol. The molecule has 0 heterocycles. The van der Waals surface area contributed by atoms with Gasteiger partial charge in [0, 0.05) is 36.8 Å². The van der Waals surface area contributed by atoms with Crippen molar-refractivity contribution >= 4 is 27.5 Å². The van der Waals surface area contributed by atoms with Crippen molar-refractivity contribution in [2.75, 3.05) is 32.6 Å². The quantitative estimate of drug-likeness (QED) is 0.344. The maximum atomic E-state index is 12.5. The summed E-state index contributed by atoms with van der Waals surface area (Å²) in [7, 11) is -0.681. The first-order valence-corrected chi connectivity index (χ1v) is 12.7. The smallest absolute Gasteiger partial charge is 0.251 e. The fourth-order valence-corrected chi connectivity index (χ4v) is 4.36. The number of ether oxygens (including phenoxy) is 2. The zero-order valence-electron chi connectivity index (χ0n) is 20.1. The van der Waals surface area contributed by atoms with Crippen molar-refractivity contribution < 1.29 is 27.5 Å². The molecule has 3 aromatic rings.